The number of halogens is 1. The van der Waals surface area contributed by atoms with Gasteiger partial charge in [0.2, 0.25) is 0 Å². The highest BCUT2D eigenvalue weighted by atomic mass is 79.9. The zero-order chi connectivity index (χ0) is 23.1. The quantitative estimate of drug-likeness (QED) is 0.419. The lowest BCUT2D eigenvalue weighted by molar-refractivity contribution is 0.0596. The molecule has 5 nitrogen and oxygen atoms in total. The zero-order valence-electron chi connectivity index (χ0n) is 18.1. The van der Waals surface area contributed by atoms with Crippen molar-refractivity contribution in [1.82, 2.24) is 4.90 Å². The minimum absolute atomic E-state index is 0.163. The molecular formula is C26H26BrNO4. The van der Waals surface area contributed by atoms with Crippen LogP contribution in [0.2, 0.25) is 0 Å². The van der Waals surface area contributed by atoms with Crippen LogP contribution in [0.5, 0.6) is 5.75 Å². The minimum atomic E-state index is -0.666. The molecule has 0 saturated heterocycles. The number of aliphatic hydroxyl groups excluding tert-OH is 1. The fraction of sp³-hybridized carbons (Fsp3) is 0.231. The second-order valence-electron chi connectivity index (χ2n) is 7.48. The summed E-state index contributed by atoms with van der Waals surface area (Å²) in [6.45, 7) is 2.33. The summed E-state index contributed by atoms with van der Waals surface area (Å²) in [5.74, 6) is 0.194. The average Bonchev–Trinajstić information content (AvgIpc) is 2.83. The van der Waals surface area contributed by atoms with Gasteiger partial charge in [0, 0.05) is 28.7 Å². The second-order valence-corrected chi connectivity index (χ2v) is 8.40. The number of nitrogens with zero attached hydrogens (tertiary/aromatic N) is 1. The largest absolute Gasteiger partial charge is 0.497 e. The van der Waals surface area contributed by atoms with Crippen molar-refractivity contribution in [2.45, 2.75) is 26.0 Å². The molecule has 0 aliphatic carbocycles. The van der Waals surface area contributed by atoms with Crippen molar-refractivity contribution in [2.24, 2.45) is 0 Å². The lowest BCUT2D eigenvalue weighted by Crippen LogP contribution is -2.37. The molecule has 32 heavy (non-hydrogen) atoms. The van der Waals surface area contributed by atoms with E-state index in [4.69, 9.17) is 4.74 Å². The molecule has 0 spiro atoms. The number of methoxy groups -OCH3 is 1. The van der Waals surface area contributed by atoms with E-state index in [0.29, 0.717) is 34.1 Å². The van der Waals surface area contributed by atoms with Gasteiger partial charge < -0.3 is 14.7 Å². The normalized spacial score (nSPS) is 11.6. The molecule has 0 aliphatic rings. The van der Waals surface area contributed by atoms with Crippen LogP contribution >= 0.6 is 15.9 Å². The van der Waals surface area contributed by atoms with Gasteiger partial charge in [0.1, 0.15) is 5.75 Å². The number of ketones is 1. The van der Waals surface area contributed by atoms with Crippen molar-refractivity contribution in [1.29, 1.82) is 0 Å². The molecule has 1 N–H and O–H groups in total. The van der Waals surface area contributed by atoms with Gasteiger partial charge in [-0.05, 0) is 42.3 Å². The van der Waals surface area contributed by atoms with E-state index in [1.54, 1.807) is 54.5 Å². The third kappa shape index (κ3) is 5.84. The van der Waals surface area contributed by atoms with E-state index in [9.17, 15) is 14.7 Å². The Bertz CT molecular complexity index is 1070. The molecule has 0 heterocycles. The first-order valence-corrected chi connectivity index (χ1v) is 11.2. The van der Waals surface area contributed by atoms with Crippen molar-refractivity contribution in [3.63, 3.8) is 0 Å². The molecular weight excluding hydrogens is 470 g/mol. The first-order chi connectivity index (χ1) is 15.4. The number of benzene rings is 3. The number of rotatable bonds is 9. The van der Waals surface area contributed by atoms with Gasteiger partial charge in [-0.1, -0.05) is 65.3 Å². The summed E-state index contributed by atoms with van der Waals surface area (Å²) in [6, 6.07) is 21.4. The number of ether oxygens (including phenoxy) is 1. The summed E-state index contributed by atoms with van der Waals surface area (Å²) in [6.07, 6.45) is -0.149. The molecule has 0 radical (unpaired) electrons. The second kappa shape index (κ2) is 11.1. The maximum atomic E-state index is 13.6. The lowest BCUT2D eigenvalue weighted by atomic mass is 9.97. The van der Waals surface area contributed by atoms with Gasteiger partial charge in [0.05, 0.1) is 18.8 Å². The summed E-state index contributed by atoms with van der Waals surface area (Å²) in [4.78, 5) is 28.4. The van der Waals surface area contributed by atoms with Crippen LogP contribution < -0.4 is 4.74 Å². The van der Waals surface area contributed by atoms with Gasteiger partial charge in [-0.25, -0.2) is 0 Å². The first kappa shape index (κ1) is 23.7. The summed E-state index contributed by atoms with van der Waals surface area (Å²) in [5.41, 5.74) is 2.03. The summed E-state index contributed by atoms with van der Waals surface area (Å²) < 4.78 is 5.92. The Morgan fingerprint density at radius 2 is 1.69 bits per heavy atom. The topological polar surface area (TPSA) is 66.8 Å². The standard InChI is InChI=1S/C26H26BrNO4/c1-3-21(29)17-28(16-18-9-12-22(32-2)13-10-18)26(31)23-14-11-20(27)15-24(23)25(30)19-7-5-4-6-8-19/h4-15,21,29H,3,16-17H2,1-2H3. The predicted octanol–water partition coefficient (Wildman–Crippen LogP) is 5.10. The van der Waals surface area contributed by atoms with E-state index in [1.165, 1.54) is 0 Å². The van der Waals surface area contributed by atoms with Crippen LogP contribution in [0, 0.1) is 0 Å². The van der Waals surface area contributed by atoms with E-state index < -0.39 is 6.10 Å². The maximum Gasteiger partial charge on any atom is 0.254 e. The van der Waals surface area contributed by atoms with Gasteiger partial charge in [-0.2, -0.15) is 0 Å². The minimum Gasteiger partial charge on any atom is -0.497 e. The molecule has 3 aromatic carbocycles. The Morgan fingerprint density at radius 3 is 2.31 bits per heavy atom. The Kier molecular flexibility index (Phi) is 8.20. The molecule has 0 bridgehead atoms. The Morgan fingerprint density at radius 1 is 1.00 bits per heavy atom. The molecule has 0 aromatic heterocycles. The molecule has 6 heteroatoms. The highest BCUT2D eigenvalue weighted by molar-refractivity contribution is 9.10. The molecule has 0 saturated carbocycles. The number of amides is 1. The number of hydrogen-bond donors (Lipinski definition) is 1. The zero-order valence-corrected chi connectivity index (χ0v) is 19.7. The van der Waals surface area contributed by atoms with Gasteiger partial charge in [0.25, 0.3) is 5.91 Å². The van der Waals surface area contributed by atoms with E-state index in [0.717, 1.165) is 11.3 Å². The molecule has 1 unspecified atom stereocenters. The fourth-order valence-corrected chi connectivity index (χ4v) is 3.72. The number of carbonyl (C=O) groups is 2. The molecule has 1 amide bonds. The third-order valence-electron chi connectivity index (χ3n) is 5.21. The Balaban J connectivity index is 1.97. The van der Waals surface area contributed by atoms with Crippen LogP contribution in [-0.4, -0.2) is 41.5 Å². The van der Waals surface area contributed by atoms with E-state index in [2.05, 4.69) is 15.9 Å². The van der Waals surface area contributed by atoms with Gasteiger partial charge in [0.15, 0.2) is 5.78 Å². The van der Waals surface area contributed by atoms with Crippen LogP contribution in [0.3, 0.4) is 0 Å². The van der Waals surface area contributed by atoms with Gasteiger partial charge in [-0.3, -0.25) is 9.59 Å². The highest BCUT2D eigenvalue weighted by Gasteiger charge is 2.24. The third-order valence-corrected chi connectivity index (χ3v) is 5.71. The Labute approximate surface area is 196 Å². The SMILES string of the molecule is CCC(O)CN(Cc1ccc(OC)cc1)C(=O)c1ccc(Br)cc1C(=O)c1ccccc1. The predicted molar refractivity (Wildman–Crippen MR) is 128 cm³/mol. The fourth-order valence-electron chi connectivity index (χ4n) is 3.36. The smallest absolute Gasteiger partial charge is 0.254 e. The first-order valence-electron chi connectivity index (χ1n) is 10.4. The monoisotopic (exact) mass is 495 g/mol. The summed E-state index contributed by atoms with van der Waals surface area (Å²) in [5, 5.41) is 10.3. The number of hydrogen-bond acceptors (Lipinski definition) is 4. The Hall–Kier alpha value is -2.96. The van der Waals surface area contributed by atoms with Crippen molar-refractivity contribution in [2.75, 3.05) is 13.7 Å². The van der Waals surface area contributed by atoms with Gasteiger partial charge in [-0.15, -0.1) is 0 Å². The maximum absolute atomic E-state index is 13.6. The van der Waals surface area contributed by atoms with Crippen LogP contribution in [0.15, 0.2) is 77.3 Å². The van der Waals surface area contributed by atoms with E-state index in [1.807, 2.05) is 37.3 Å². The molecule has 166 valence electrons. The lowest BCUT2D eigenvalue weighted by Gasteiger charge is -2.26. The molecule has 1 atom stereocenters. The summed E-state index contributed by atoms with van der Waals surface area (Å²) in [7, 11) is 1.60. The van der Waals surface area contributed by atoms with Crippen molar-refractivity contribution < 1.29 is 19.4 Å². The van der Waals surface area contributed by atoms with Crippen LogP contribution in [0.25, 0.3) is 0 Å². The average molecular weight is 496 g/mol. The van der Waals surface area contributed by atoms with Crippen LogP contribution in [0.4, 0.5) is 0 Å². The molecule has 0 fully saturated rings. The van der Waals surface area contributed by atoms with Crippen molar-refractivity contribution in [3.05, 3.63) is 99.5 Å². The van der Waals surface area contributed by atoms with E-state index >= 15 is 0 Å². The van der Waals surface area contributed by atoms with Crippen LogP contribution in [0.1, 0.15) is 45.2 Å². The van der Waals surface area contributed by atoms with Gasteiger partial charge >= 0.3 is 0 Å². The summed E-state index contributed by atoms with van der Waals surface area (Å²) >= 11 is 3.41. The molecule has 3 aromatic rings. The van der Waals surface area contributed by atoms with Crippen molar-refractivity contribution in [3.8, 4) is 5.75 Å². The number of aliphatic hydroxyl groups is 1. The van der Waals surface area contributed by atoms with E-state index in [-0.39, 0.29) is 18.2 Å². The number of carbonyl (C=O) groups excluding carboxylic acids is 2. The molecule has 0 aliphatic heterocycles. The van der Waals surface area contributed by atoms with Crippen LogP contribution in [-0.2, 0) is 6.54 Å². The highest BCUT2D eigenvalue weighted by Crippen LogP contribution is 2.23. The molecule has 3 rings (SSSR count). The van der Waals surface area contributed by atoms with Crippen molar-refractivity contribution >= 4 is 27.6 Å².